The summed E-state index contributed by atoms with van der Waals surface area (Å²) in [7, 11) is 3.27. The van der Waals surface area contributed by atoms with E-state index in [0.29, 0.717) is 28.3 Å². The van der Waals surface area contributed by atoms with Gasteiger partial charge < -0.3 is 30.3 Å². The molecule has 4 aromatic carbocycles. The van der Waals surface area contributed by atoms with Gasteiger partial charge in [0.25, 0.3) is 5.91 Å². The fourth-order valence-corrected chi connectivity index (χ4v) is 5.85. The molecule has 0 saturated heterocycles. The second kappa shape index (κ2) is 13.2. The minimum absolute atomic E-state index is 0.00374. The van der Waals surface area contributed by atoms with Crippen molar-refractivity contribution in [1.82, 2.24) is 10.6 Å². The smallest absolute Gasteiger partial charge is 0.251 e. The SMILES string of the molecule is CN[C@@H](C)C(=O)N[C@H]1CN(C(O)c2ccc(C(C)=O)cc2)c2ccccc2N(Cc2c(OC)ccc3cc(Br)ccc23)C1=O. The first-order chi connectivity index (χ1) is 21.1. The van der Waals surface area contributed by atoms with Crippen LogP contribution in [0.5, 0.6) is 5.75 Å². The minimum Gasteiger partial charge on any atom is -0.496 e. The summed E-state index contributed by atoms with van der Waals surface area (Å²) in [4.78, 5) is 42.8. The molecule has 2 amide bonds. The zero-order valence-electron chi connectivity index (χ0n) is 25.0. The number of likely N-dealkylation sites (N-methyl/N-ethyl adjacent to an activating group) is 1. The summed E-state index contributed by atoms with van der Waals surface area (Å²) in [5, 5.41) is 19.5. The van der Waals surface area contributed by atoms with Gasteiger partial charge in [-0.05, 0) is 62.0 Å². The highest BCUT2D eigenvalue weighted by atomic mass is 79.9. The molecule has 9 nitrogen and oxygen atoms in total. The number of aliphatic hydroxyl groups is 1. The molecular weight excluding hydrogens is 624 g/mol. The van der Waals surface area contributed by atoms with E-state index in [1.807, 2.05) is 54.6 Å². The number of amides is 2. The molecule has 228 valence electrons. The van der Waals surface area contributed by atoms with Crippen LogP contribution in [0.2, 0.25) is 0 Å². The van der Waals surface area contributed by atoms with Crippen LogP contribution in [0.15, 0.2) is 83.3 Å². The van der Waals surface area contributed by atoms with Gasteiger partial charge in [0, 0.05) is 21.2 Å². The van der Waals surface area contributed by atoms with E-state index in [1.54, 1.807) is 55.1 Å². The van der Waals surface area contributed by atoms with E-state index in [-0.39, 0.29) is 30.7 Å². The van der Waals surface area contributed by atoms with E-state index in [9.17, 15) is 19.5 Å². The molecule has 0 bridgehead atoms. The number of fused-ring (bicyclic) bond motifs is 2. The Bertz CT molecular complexity index is 1710. The highest BCUT2D eigenvalue weighted by molar-refractivity contribution is 9.10. The summed E-state index contributed by atoms with van der Waals surface area (Å²) < 4.78 is 6.69. The van der Waals surface area contributed by atoms with E-state index in [4.69, 9.17) is 4.74 Å². The van der Waals surface area contributed by atoms with Crippen LogP contribution in [-0.4, -0.2) is 55.5 Å². The zero-order chi connectivity index (χ0) is 31.5. The average Bonchev–Trinajstić information content (AvgIpc) is 3.14. The molecule has 4 aromatic rings. The Morgan fingerprint density at radius 3 is 2.41 bits per heavy atom. The third-order valence-electron chi connectivity index (χ3n) is 8.07. The van der Waals surface area contributed by atoms with E-state index < -0.39 is 18.3 Å². The molecule has 3 N–H and O–H groups in total. The Hall–Kier alpha value is -4.25. The van der Waals surface area contributed by atoms with Crippen molar-refractivity contribution < 1.29 is 24.2 Å². The number of carbonyl (C=O) groups excluding carboxylic acids is 3. The van der Waals surface area contributed by atoms with Crippen LogP contribution < -0.4 is 25.2 Å². The number of carbonyl (C=O) groups is 3. The highest BCUT2D eigenvalue weighted by Crippen LogP contribution is 2.40. The van der Waals surface area contributed by atoms with Crippen LogP contribution in [-0.2, 0) is 16.1 Å². The minimum atomic E-state index is -1.17. The first kappa shape index (κ1) is 31.2. The number of nitrogens with zero attached hydrogens (tertiary/aromatic N) is 2. The molecule has 0 fully saturated rings. The normalized spacial score (nSPS) is 16.2. The van der Waals surface area contributed by atoms with Crippen LogP contribution in [0.25, 0.3) is 10.8 Å². The molecule has 10 heteroatoms. The highest BCUT2D eigenvalue weighted by Gasteiger charge is 2.38. The predicted molar refractivity (Wildman–Crippen MR) is 175 cm³/mol. The van der Waals surface area contributed by atoms with Gasteiger partial charge in [-0.3, -0.25) is 14.4 Å². The van der Waals surface area contributed by atoms with Gasteiger partial charge >= 0.3 is 0 Å². The zero-order valence-corrected chi connectivity index (χ0v) is 26.6. The van der Waals surface area contributed by atoms with Gasteiger partial charge in [-0.1, -0.05) is 64.5 Å². The third-order valence-corrected chi connectivity index (χ3v) is 8.56. The van der Waals surface area contributed by atoms with Crippen molar-refractivity contribution in [3.8, 4) is 5.75 Å². The Balaban J connectivity index is 1.64. The molecule has 0 aliphatic carbocycles. The molecule has 1 aliphatic rings. The van der Waals surface area contributed by atoms with Crippen molar-refractivity contribution in [2.75, 3.05) is 30.5 Å². The molecule has 0 aromatic heterocycles. The largest absolute Gasteiger partial charge is 0.496 e. The van der Waals surface area contributed by atoms with Gasteiger partial charge in [0.2, 0.25) is 5.91 Å². The van der Waals surface area contributed by atoms with Gasteiger partial charge in [0.05, 0.1) is 37.6 Å². The van der Waals surface area contributed by atoms with Crippen LogP contribution >= 0.6 is 15.9 Å². The molecule has 3 atom stereocenters. The summed E-state index contributed by atoms with van der Waals surface area (Å²) in [5.41, 5.74) is 3.07. The maximum absolute atomic E-state index is 14.5. The number of para-hydroxylation sites is 2. The molecule has 1 unspecified atom stereocenters. The molecule has 0 saturated carbocycles. The summed E-state index contributed by atoms with van der Waals surface area (Å²) in [6.07, 6.45) is -1.17. The number of methoxy groups -OCH3 is 1. The molecule has 0 radical (unpaired) electrons. The van der Waals surface area contributed by atoms with Gasteiger partial charge in [-0.25, -0.2) is 0 Å². The number of benzene rings is 4. The Morgan fingerprint density at radius 2 is 1.75 bits per heavy atom. The number of ketones is 1. The van der Waals surface area contributed by atoms with Crippen LogP contribution in [0, 0.1) is 0 Å². The molecule has 44 heavy (non-hydrogen) atoms. The van der Waals surface area contributed by atoms with Crippen molar-refractivity contribution in [2.24, 2.45) is 0 Å². The van der Waals surface area contributed by atoms with Crippen molar-refractivity contribution in [3.05, 3.63) is 100 Å². The van der Waals surface area contributed by atoms with Crippen molar-refractivity contribution in [3.63, 3.8) is 0 Å². The Morgan fingerprint density at radius 1 is 1.05 bits per heavy atom. The number of ether oxygens (including phenoxy) is 1. The standard InChI is InChI=1S/C34H35BrN4O5/c1-20(36-3)32(41)37-28-19-39(33(42)23-11-9-22(10-12-23)21(2)40)30-8-6-5-7-29(30)38(34(28)43)18-27-26-15-14-25(35)17-24(26)13-16-31(27)44-4/h5-17,20,28,33,36,42H,18-19H2,1-4H3,(H,37,41)/t20-,28-,33?/m0/s1. The van der Waals surface area contributed by atoms with Crippen molar-refractivity contribution in [1.29, 1.82) is 0 Å². The van der Waals surface area contributed by atoms with E-state index in [2.05, 4.69) is 26.6 Å². The first-order valence-corrected chi connectivity index (χ1v) is 15.1. The number of aliphatic hydroxyl groups excluding tert-OH is 1. The third kappa shape index (κ3) is 6.19. The lowest BCUT2D eigenvalue weighted by Crippen LogP contribution is -2.55. The topological polar surface area (TPSA) is 111 Å². The molecule has 5 rings (SSSR count). The van der Waals surface area contributed by atoms with Gasteiger partial charge in [-0.15, -0.1) is 0 Å². The predicted octanol–water partition coefficient (Wildman–Crippen LogP) is 4.95. The van der Waals surface area contributed by atoms with Crippen LogP contribution in [0.3, 0.4) is 0 Å². The first-order valence-electron chi connectivity index (χ1n) is 14.3. The number of nitrogens with one attached hydrogen (secondary N) is 2. The summed E-state index contributed by atoms with van der Waals surface area (Å²) in [6, 6.07) is 22.4. The Labute approximate surface area is 264 Å². The summed E-state index contributed by atoms with van der Waals surface area (Å²) >= 11 is 3.54. The second-order valence-electron chi connectivity index (χ2n) is 10.8. The number of rotatable bonds is 9. The number of hydrogen-bond acceptors (Lipinski definition) is 7. The van der Waals surface area contributed by atoms with Crippen molar-refractivity contribution >= 4 is 55.7 Å². The lowest BCUT2D eigenvalue weighted by molar-refractivity contribution is -0.128. The molecule has 1 heterocycles. The lowest BCUT2D eigenvalue weighted by Gasteiger charge is -2.32. The number of hydrogen-bond donors (Lipinski definition) is 3. The van der Waals surface area contributed by atoms with Gasteiger partial charge in [0.1, 0.15) is 11.8 Å². The maximum atomic E-state index is 14.5. The monoisotopic (exact) mass is 658 g/mol. The number of halogens is 1. The van der Waals surface area contributed by atoms with Gasteiger partial charge in [-0.2, -0.15) is 0 Å². The van der Waals surface area contributed by atoms with E-state index in [0.717, 1.165) is 20.8 Å². The van der Waals surface area contributed by atoms with E-state index >= 15 is 0 Å². The van der Waals surface area contributed by atoms with Crippen LogP contribution in [0.4, 0.5) is 11.4 Å². The quantitative estimate of drug-likeness (QED) is 0.218. The molecule has 0 spiro atoms. The summed E-state index contributed by atoms with van der Waals surface area (Å²) in [6.45, 7) is 3.36. The maximum Gasteiger partial charge on any atom is 0.251 e. The lowest BCUT2D eigenvalue weighted by atomic mass is 10.0. The van der Waals surface area contributed by atoms with Crippen molar-refractivity contribution in [2.45, 2.75) is 38.7 Å². The second-order valence-corrected chi connectivity index (χ2v) is 11.7. The van der Waals surface area contributed by atoms with Gasteiger partial charge in [0.15, 0.2) is 12.0 Å². The number of Topliss-reactive ketones (excluding diaryl/α,β-unsaturated/α-hetero) is 1. The fourth-order valence-electron chi connectivity index (χ4n) is 5.47. The van der Waals surface area contributed by atoms with Crippen LogP contribution in [0.1, 0.15) is 41.6 Å². The molecule has 1 aliphatic heterocycles. The Kier molecular flexibility index (Phi) is 9.33. The fraction of sp³-hybridized carbons (Fsp3) is 0.265. The average molecular weight is 660 g/mol. The van der Waals surface area contributed by atoms with E-state index in [1.165, 1.54) is 6.92 Å². The molecular formula is C34H35BrN4O5. The number of anilines is 2. The summed E-state index contributed by atoms with van der Waals surface area (Å²) in [5.74, 6) is -0.122.